The van der Waals surface area contributed by atoms with E-state index in [-0.39, 0.29) is 11.4 Å². The summed E-state index contributed by atoms with van der Waals surface area (Å²) in [6.07, 6.45) is 1.90. The molecule has 0 amide bonds. The number of allylic oxidation sites excluding steroid dienone is 1. The third-order valence-electron chi connectivity index (χ3n) is 5.39. The summed E-state index contributed by atoms with van der Waals surface area (Å²) in [5.74, 6) is 0.746. The number of carbonyl (C=O) groups is 1. The molecule has 0 unspecified atom stereocenters. The molecule has 3 aromatic rings. The lowest BCUT2D eigenvalue weighted by molar-refractivity contribution is 0.104. The lowest BCUT2D eigenvalue weighted by Crippen LogP contribution is -2.38. The third-order valence-corrected chi connectivity index (χ3v) is 8.31. The normalized spacial score (nSPS) is 15.8. The van der Waals surface area contributed by atoms with Crippen LogP contribution in [0.3, 0.4) is 0 Å². The second-order valence-corrected chi connectivity index (χ2v) is 10.7. The van der Waals surface area contributed by atoms with Gasteiger partial charge in [-0.1, -0.05) is 29.8 Å². The largest absolute Gasteiger partial charge is 0.493 e. The smallest absolute Gasteiger partial charge is 0.270 e. The Balaban J connectivity index is 1.54. The number of methoxy groups -OCH3 is 2. The monoisotopic (exact) mass is 518 g/mol. The second-order valence-electron chi connectivity index (χ2n) is 7.50. The Bertz CT molecular complexity index is 1330. The summed E-state index contributed by atoms with van der Waals surface area (Å²) in [6.45, 7) is 0.524. The Morgan fingerprint density at radius 1 is 1.03 bits per heavy atom. The molecule has 4 rings (SSSR count). The van der Waals surface area contributed by atoms with E-state index >= 15 is 0 Å². The van der Waals surface area contributed by atoms with Gasteiger partial charge in [0, 0.05) is 17.8 Å². The second kappa shape index (κ2) is 10.1. The van der Waals surface area contributed by atoms with E-state index < -0.39 is 15.8 Å². The van der Waals surface area contributed by atoms with Gasteiger partial charge in [-0.15, -0.1) is 11.3 Å². The van der Waals surface area contributed by atoms with Crippen LogP contribution in [0.2, 0.25) is 5.02 Å². The molecule has 2 aromatic carbocycles. The van der Waals surface area contributed by atoms with Crippen LogP contribution in [0.25, 0.3) is 0 Å². The van der Waals surface area contributed by atoms with Crippen LogP contribution in [0.5, 0.6) is 11.5 Å². The average molecular weight is 519 g/mol. The summed E-state index contributed by atoms with van der Waals surface area (Å²) in [4.78, 5) is 13.1. The van der Waals surface area contributed by atoms with Crippen molar-refractivity contribution in [3.8, 4) is 11.5 Å². The van der Waals surface area contributed by atoms with Gasteiger partial charge < -0.3 is 14.8 Å². The molecule has 0 bridgehead atoms. The number of halogens is 1. The van der Waals surface area contributed by atoms with Crippen molar-refractivity contribution >= 4 is 44.4 Å². The maximum atomic E-state index is 13.4. The van der Waals surface area contributed by atoms with Gasteiger partial charge in [0.25, 0.3) is 10.0 Å². The van der Waals surface area contributed by atoms with Crippen LogP contribution in [0, 0.1) is 0 Å². The first-order valence-corrected chi connectivity index (χ1v) is 13.1. The molecule has 1 aliphatic rings. The number of hydrogen-bond donors (Lipinski definition) is 1. The molecule has 0 saturated heterocycles. The van der Waals surface area contributed by atoms with E-state index in [9.17, 15) is 13.2 Å². The van der Waals surface area contributed by atoms with Crippen LogP contribution in [0.15, 0.2) is 65.0 Å². The van der Waals surface area contributed by atoms with Crippen molar-refractivity contribution in [2.24, 2.45) is 0 Å². The van der Waals surface area contributed by atoms with Gasteiger partial charge in [0.05, 0.1) is 26.5 Å². The first kappa shape index (κ1) is 24.1. The highest BCUT2D eigenvalue weighted by Crippen LogP contribution is 2.39. The number of sulfonamides is 1. The summed E-state index contributed by atoms with van der Waals surface area (Å²) in [5, 5.41) is 5.29. The summed E-state index contributed by atoms with van der Waals surface area (Å²) < 4.78 is 38.7. The number of nitrogens with one attached hydrogen (secondary N) is 1. The van der Waals surface area contributed by atoms with E-state index in [1.165, 1.54) is 21.8 Å². The molecule has 0 fully saturated rings. The third kappa shape index (κ3) is 4.77. The fourth-order valence-corrected chi connectivity index (χ4v) is 6.26. The topological polar surface area (TPSA) is 84.9 Å². The number of nitrogens with zero attached hydrogens (tertiary/aromatic N) is 1. The molecule has 178 valence electrons. The molecule has 10 heteroatoms. The summed E-state index contributed by atoms with van der Waals surface area (Å²) >= 11 is 7.19. The van der Waals surface area contributed by atoms with Gasteiger partial charge in [0.2, 0.25) is 5.78 Å². The van der Waals surface area contributed by atoms with E-state index in [1.807, 2.05) is 18.2 Å². The molecule has 1 aliphatic heterocycles. The standard InChI is InChI=1S/C24H23ClN2O5S2/c1-31-20-8-5-16(13-21(20)32-2)9-11-26-14-22-23(28)24-19(10-12-33-24)27(34(22,29)30)15-17-3-6-18(25)7-4-17/h3-8,10,12-14,26H,9,11,15H2,1-2H3/b22-14-. The number of hydrogen-bond acceptors (Lipinski definition) is 7. The molecule has 0 atom stereocenters. The molecular formula is C24H23ClN2O5S2. The van der Waals surface area contributed by atoms with Crippen molar-refractivity contribution in [2.45, 2.75) is 13.0 Å². The van der Waals surface area contributed by atoms with Crippen molar-refractivity contribution in [1.29, 1.82) is 0 Å². The zero-order valence-electron chi connectivity index (χ0n) is 18.6. The number of thiophene rings is 1. The summed E-state index contributed by atoms with van der Waals surface area (Å²) in [6, 6.07) is 14.2. The fourth-order valence-electron chi connectivity index (χ4n) is 3.63. The van der Waals surface area contributed by atoms with Crippen LogP contribution in [-0.4, -0.2) is 35.0 Å². The molecular weight excluding hydrogens is 496 g/mol. The van der Waals surface area contributed by atoms with Gasteiger partial charge in [-0.3, -0.25) is 9.10 Å². The Hall–Kier alpha value is -3.01. The predicted octanol–water partition coefficient (Wildman–Crippen LogP) is 4.63. The molecule has 1 N–H and O–H groups in total. The zero-order chi connectivity index (χ0) is 24.3. The number of Topliss-reactive ketones (excluding diaryl/α,β-unsaturated/α-hetero) is 1. The number of rotatable bonds is 8. The van der Waals surface area contributed by atoms with E-state index in [4.69, 9.17) is 21.1 Å². The SMILES string of the molecule is COc1ccc(CCN/C=C2/C(=O)c3sccc3N(Cc3ccc(Cl)cc3)S2(=O)=O)cc1OC. The first-order chi connectivity index (χ1) is 16.3. The van der Waals surface area contributed by atoms with Gasteiger partial charge in [-0.25, -0.2) is 8.42 Å². The van der Waals surface area contributed by atoms with Gasteiger partial charge in [0.15, 0.2) is 16.4 Å². The summed E-state index contributed by atoms with van der Waals surface area (Å²) in [5.41, 5.74) is 2.14. The number of benzene rings is 2. The number of ketones is 1. The van der Waals surface area contributed by atoms with Gasteiger partial charge in [0.1, 0.15) is 4.88 Å². The zero-order valence-corrected chi connectivity index (χ0v) is 21.0. The van der Waals surface area contributed by atoms with E-state index in [1.54, 1.807) is 49.9 Å². The van der Waals surface area contributed by atoms with Gasteiger partial charge >= 0.3 is 0 Å². The van der Waals surface area contributed by atoms with E-state index in [0.717, 1.165) is 11.1 Å². The van der Waals surface area contributed by atoms with E-state index in [0.29, 0.717) is 40.1 Å². The number of fused-ring (bicyclic) bond motifs is 1. The number of carbonyl (C=O) groups excluding carboxylic acids is 1. The number of ether oxygens (including phenoxy) is 2. The molecule has 0 spiro atoms. The highest BCUT2D eigenvalue weighted by molar-refractivity contribution is 7.97. The molecule has 7 nitrogen and oxygen atoms in total. The van der Waals surface area contributed by atoms with Crippen molar-refractivity contribution in [3.05, 3.63) is 86.0 Å². The quantitative estimate of drug-likeness (QED) is 0.346. The van der Waals surface area contributed by atoms with Crippen LogP contribution in [0.4, 0.5) is 5.69 Å². The van der Waals surface area contributed by atoms with Gasteiger partial charge in [-0.05, 0) is 53.3 Å². The molecule has 0 saturated carbocycles. The minimum Gasteiger partial charge on any atom is -0.493 e. The van der Waals surface area contributed by atoms with Crippen LogP contribution >= 0.6 is 22.9 Å². The Labute approximate surface area is 207 Å². The Morgan fingerprint density at radius 2 is 1.74 bits per heavy atom. The maximum absolute atomic E-state index is 13.4. The Morgan fingerprint density at radius 3 is 2.44 bits per heavy atom. The lowest BCUT2D eigenvalue weighted by atomic mass is 10.1. The molecule has 0 radical (unpaired) electrons. The maximum Gasteiger partial charge on any atom is 0.270 e. The predicted molar refractivity (Wildman–Crippen MR) is 135 cm³/mol. The van der Waals surface area contributed by atoms with Crippen molar-refractivity contribution in [1.82, 2.24) is 5.32 Å². The molecule has 1 aromatic heterocycles. The Kier molecular flexibility index (Phi) is 7.16. The lowest BCUT2D eigenvalue weighted by Gasteiger charge is -2.29. The minimum atomic E-state index is -4.05. The van der Waals surface area contributed by atoms with Crippen molar-refractivity contribution in [3.63, 3.8) is 0 Å². The molecule has 34 heavy (non-hydrogen) atoms. The van der Waals surface area contributed by atoms with Crippen LogP contribution in [0.1, 0.15) is 20.8 Å². The van der Waals surface area contributed by atoms with Crippen LogP contribution in [-0.2, 0) is 23.0 Å². The summed E-state index contributed by atoms with van der Waals surface area (Å²) in [7, 11) is -0.911. The van der Waals surface area contributed by atoms with Crippen molar-refractivity contribution < 1.29 is 22.7 Å². The minimum absolute atomic E-state index is 0.0967. The highest BCUT2D eigenvalue weighted by atomic mass is 35.5. The molecule has 2 heterocycles. The van der Waals surface area contributed by atoms with E-state index in [2.05, 4.69) is 5.32 Å². The number of anilines is 1. The van der Waals surface area contributed by atoms with Crippen molar-refractivity contribution in [2.75, 3.05) is 25.1 Å². The first-order valence-electron chi connectivity index (χ1n) is 10.4. The van der Waals surface area contributed by atoms with Gasteiger partial charge in [-0.2, -0.15) is 0 Å². The van der Waals surface area contributed by atoms with Crippen LogP contribution < -0.4 is 19.1 Å². The average Bonchev–Trinajstić information content (AvgIpc) is 3.32. The fraction of sp³-hybridized carbons (Fsp3) is 0.208. The highest BCUT2D eigenvalue weighted by Gasteiger charge is 2.41. The molecule has 0 aliphatic carbocycles.